The average Bonchev–Trinajstić information content (AvgIpc) is 2.30. The van der Waals surface area contributed by atoms with Gasteiger partial charge in [-0.2, -0.15) is 0 Å². The molecule has 1 aromatic carbocycles. The standard InChI is InChI=1S/C15H21FN2S/c1-9-5-10(2)7-12(6-9)18-14-4-3-11(16)8-13(14)15(17)19/h3-4,8-10,12,18H,5-7H2,1-2H3,(H2,17,19). The molecule has 2 rings (SSSR count). The summed E-state index contributed by atoms with van der Waals surface area (Å²) in [7, 11) is 0. The van der Waals surface area contributed by atoms with Crippen LogP contribution in [0.2, 0.25) is 0 Å². The van der Waals surface area contributed by atoms with Crippen molar-refractivity contribution in [3.8, 4) is 0 Å². The number of nitrogens with two attached hydrogens (primary N) is 1. The molecule has 0 aromatic heterocycles. The van der Waals surface area contributed by atoms with Gasteiger partial charge in [0.25, 0.3) is 0 Å². The van der Waals surface area contributed by atoms with Gasteiger partial charge in [0, 0.05) is 17.3 Å². The molecule has 2 unspecified atom stereocenters. The summed E-state index contributed by atoms with van der Waals surface area (Å²) >= 11 is 4.99. The number of nitrogens with one attached hydrogen (secondary N) is 1. The summed E-state index contributed by atoms with van der Waals surface area (Å²) in [5.41, 5.74) is 7.11. The number of halogens is 1. The number of hydrogen-bond donors (Lipinski definition) is 2. The predicted octanol–water partition coefficient (Wildman–Crippen LogP) is 3.70. The highest BCUT2D eigenvalue weighted by Crippen LogP contribution is 2.31. The highest BCUT2D eigenvalue weighted by atomic mass is 32.1. The third-order valence-corrected chi connectivity index (χ3v) is 4.01. The van der Waals surface area contributed by atoms with Crippen molar-refractivity contribution in [1.29, 1.82) is 0 Å². The van der Waals surface area contributed by atoms with E-state index in [2.05, 4.69) is 19.2 Å². The monoisotopic (exact) mass is 280 g/mol. The van der Waals surface area contributed by atoms with Gasteiger partial charge in [-0.3, -0.25) is 0 Å². The Labute approximate surface area is 119 Å². The third kappa shape index (κ3) is 3.66. The summed E-state index contributed by atoms with van der Waals surface area (Å²) in [6, 6.07) is 4.99. The zero-order valence-corrected chi connectivity index (χ0v) is 12.3. The first-order valence-corrected chi connectivity index (χ1v) is 7.22. The van der Waals surface area contributed by atoms with Crippen molar-refractivity contribution in [3.63, 3.8) is 0 Å². The molecule has 2 atom stereocenters. The van der Waals surface area contributed by atoms with E-state index >= 15 is 0 Å². The van der Waals surface area contributed by atoms with E-state index in [0.29, 0.717) is 11.6 Å². The Morgan fingerprint density at radius 3 is 2.47 bits per heavy atom. The number of rotatable bonds is 3. The smallest absolute Gasteiger partial charge is 0.124 e. The quantitative estimate of drug-likeness (QED) is 0.829. The first-order valence-electron chi connectivity index (χ1n) is 6.81. The van der Waals surface area contributed by atoms with Crippen molar-refractivity contribution in [1.82, 2.24) is 0 Å². The van der Waals surface area contributed by atoms with Crippen LogP contribution in [-0.2, 0) is 0 Å². The van der Waals surface area contributed by atoms with Crippen molar-refractivity contribution >= 4 is 22.9 Å². The van der Waals surface area contributed by atoms with Crippen molar-refractivity contribution < 1.29 is 4.39 Å². The van der Waals surface area contributed by atoms with Crippen LogP contribution in [0.5, 0.6) is 0 Å². The van der Waals surface area contributed by atoms with Crippen LogP contribution in [0, 0.1) is 17.7 Å². The lowest BCUT2D eigenvalue weighted by Gasteiger charge is -2.33. The summed E-state index contributed by atoms with van der Waals surface area (Å²) in [6.07, 6.45) is 3.56. The first kappa shape index (κ1) is 14.3. The molecule has 0 saturated heterocycles. The fraction of sp³-hybridized carbons (Fsp3) is 0.533. The maximum atomic E-state index is 13.3. The van der Waals surface area contributed by atoms with Gasteiger partial charge in [0.1, 0.15) is 10.8 Å². The zero-order chi connectivity index (χ0) is 14.0. The molecule has 104 valence electrons. The Kier molecular flexibility index (Phi) is 4.40. The number of anilines is 1. The lowest BCUT2D eigenvalue weighted by molar-refractivity contribution is 0.281. The molecule has 0 spiro atoms. The van der Waals surface area contributed by atoms with Crippen molar-refractivity contribution in [2.24, 2.45) is 17.6 Å². The average molecular weight is 280 g/mol. The third-order valence-electron chi connectivity index (χ3n) is 3.79. The van der Waals surface area contributed by atoms with Crippen LogP contribution in [-0.4, -0.2) is 11.0 Å². The van der Waals surface area contributed by atoms with E-state index < -0.39 is 0 Å². The molecule has 1 fully saturated rings. The topological polar surface area (TPSA) is 38.0 Å². The molecule has 1 saturated carbocycles. The Bertz CT molecular complexity index is 465. The molecule has 3 N–H and O–H groups in total. The maximum absolute atomic E-state index is 13.3. The van der Waals surface area contributed by atoms with Crippen LogP contribution in [0.1, 0.15) is 38.7 Å². The number of thiocarbonyl (C=S) groups is 1. The van der Waals surface area contributed by atoms with Crippen LogP contribution >= 0.6 is 12.2 Å². The molecule has 0 amide bonds. The van der Waals surface area contributed by atoms with Gasteiger partial charge in [-0.05, 0) is 49.3 Å². The van der Waals surface area contributed by atoms with Crippen LogP contribution in [0.15, 0.2) is 18.2 Å². The SMILES string of the molecule is CC1CC(C)CC(Nc2ccc(F)cc2C(N)=S)C1. The molecule has 4 heteroatoms. The highest BCUT2D eigenvalue weighted by Gasteiger charge is 2.24. The second-order valence-electron chi connectivity index (χ2n) is 5.81. The van der Waals surface area contributed by atoms with Gasteiger partial charge in [0.15, 0.2) is 0 Å². The van der Waals surface area contributed by atoms with Crippen molar-refractivity contribution in [2.75, 3.05) is 5.32 Å². The van der Waals surface area contributed by atoms with Gasteiger partial charge in [-0.25, -0.2) is 4.39 Å². The van der Waals surface area contributed by atoms with Gasteiger partial charge >= 0.3 is 0 Å². The molecule has 0 aliphatic heterocycles. The normalized spacial score (nSPS) is 27.0. The Balaban J connectivity index is 2.16. The Hall–Kier alpha value is -1.16. The van der Waals surface area contributed by atoms with E-state index in [4.69, 9.17) is 18.0 Å². The summed E-state index contributed by atoms with van der Waals surface area (Å²) in [6.45, 7) is 4.56. The summed E-state index contributed by atoms with van der Waals surface area (Å²) in [5.74, 6) is 1.13. The lowest BCUT2D eigenvalue weighted by Crippen LogP contribution is -2.31. The highest BCUT2D eigenvalue weighted by molar-refractivity contribution is 7.80. The molecule has 1 aliphatic carbocycles. The molecular weight excluding hydrogens is 259 g/mol. The van der Waals surface area contributed by atoms with Gasteiger partial charge in [0.05, 0.1) is 0 Å². The lowest BCUT2D eigenvalue weighted by atomic mass is 9.80. The molecule has 19 heavy (non-hydrogen) atoms. The van der Waals surface area contributed by atoms with Crippen LogP contribution in [0.25, 0.3) is 0 Å². The molecule has 1 aliphatic rings. The van der Waals surface area contributed by atoms with Gasteiger partial charge in [-0.15, -0.1) is 0 Å². The van der Waals surface area contributed by atoms with E-state index in [1.54, 1.807) is 6.07 Å². The maximum Gasteiger partial charge on any atom is 0.124 e. The van der Waals surface area contributed by atoms with Gasteiger partial charge in [-0.1, -0.05) is 26.1 Å². The van der Waals surface area contributed by atoms with Crippen LogP contribution in [0.3, 0.4) is 0 Å². The zero-order valence-electron chi connectivity index (χ0n) is 11.4. The molecular formula is C15H21FN2S. The fourth-order valence-electron chi connectivity index (χ4n) is 3.13. The minimum atomic E-state index is -0.307. The number of benzene rings is 1. The van der Waals surface area contributed by atoms with Crippen molar-refractivity contribution in [2.45, 2.75) is 39.2 Å². The summed E-state index contributed by atoms with van der Waals surface area (Å²) in [5, 5.41) is 3.48. The predicted molar refractivity (Wildman–Crippen MR) is 81.9 cm³/mol. The van der Waals surface area contributed by atoms with Gasteiger partial charge in [0.2, 0.25) is 0 Å². The molecule has 1 aromatic rings. The molecule has 0 heterocycles. The Morgan fingerprint density at radius 2 is 1.89 bits per heavy atom. The number of hydrogen-bond acceptors (Lipinski definition) is 2. The van der Waals surface area contributed by atoms with E-state index in [1.807, 2.05) is 0 Å². The minimum absolute atomic E-state index is 0.235. The molecule has 0 bridgehead atoms. The molecule has 0 radical (unpaired) electrons. The van der Waals surface area contributed by atoms with Gasteiger partial charge < -0.3 is 11.1 Å². The van der Waals surface area contributed by atoms with Crippen molar-refractivity contribution in [3.05, 3.63) is 29.6 Å². The summed E-state index contributed by atoms with van der Waals surface area (Å²) < 4.78 is 13.3. The van der Waals surface area contributed by atoms with E-state index in [-0.39, 0.29) is 10.8 Å². The first-order chi connectivity index (χ1) is 8.95. The minimum Gasteiger partial charge on any atom is -0.389 e. The second-order valence-corrected chi connectivity index (χ2v) is 6.25. The van der Waals surface area contributed by atoms with E-state index in [0.717, 1.165) is 30.4 Å². The van der Waals surface area contributed by atoms with E-state index in [9.17, 15) is 4.39 Å². The molecule has 2 nitrogen and oxygen atoms in total. The summed E-state index contributed by atoms with van der Waals surface area (Å²) in [4.78, 5) is 0.235. The van der Waals surface area contributed by atoms with E-state index in [1.165, 1.54) is 18.6 Å². The second kappa shape index (κ2) is 5.87. The van der Waals surface area contributed by atoms with Crippen LogP contribution < -0.4 is 11.1 Å². The Morgan fingerprint density at radius 1 is 1.26 bits per heavy atom. The van der Waals surface area contributed by atoms with Crippen LogP contribution in [0.4, 0.5) is 10.1 Å². The fourth-order valence-corrected chi connectivity index (χ4v) is 3.30. The largest absolute Gasteiger partial charge is 0.389 e.